The molecule has 3 rings (SSSR count). The average molecular weight is 200 g/mol. The summed E-state index contributed by atoms with van der Waals surface area (Å²) in [4.78, 5) is 8.72. The van der Waals surface area contributed by atoms with Gasteiger partial charge >= 0.3 is 0 Å². The van der Waals surface area contributed by atoms with Gasteiger partial charge in [-0.1, -0.05) is 0 Å². The Labute approximate surface area is 87.8 Å². The normalized spacial score (nSPS) is 15.5. The molecule has 0 saturated heterocycles. The van der Waals surface area contributed by atoms with E-state index in [9.17, 15) is 0 Å². The van der Waals surface area contributed by atoms with Crippen LogP contribution in [0.1, 0.15) is 24.5 Å². The maximum Gasteiger partial charge on any atom is 0.233 e. The van der Waals surface area contributed by atoms with E-state index in [1.54, 1.807) is 6.20 Å². The van der Waals surface area contributed by atoms with Crippen molar-refractivity contribution in [2.75, 3.05) is 5.73 Å². The van der Waals surface area contributed by atoms with Gasteiger partial charge in [0.1, 0.15) is 0 Å². The van der Waals surface area contributed by atoms with Gasteiger partial charge in [-0.2, -0.15) is 0 Å². The van der Waals surface area contributed by atoms with Gasteiger partial charge in [-0.25, -0.2) is 9.97 Å². The molecule has 0 bridgehead atoms. The SMILES string of the molecule is Nc1cnc(-n2cccc2)nc1C1CC1. The third-order valence-electron chi connectivity index (χ3n) is 2.63. The van der Waals surface area contributed by atoms with Crippen molar-refractivity contribution in [2.45, 2.75) is 18.8 Å². The van der Waals surface area contributed by atoms with E-state index in [2.05, 4.69) is 9.97 Å². The molecule has 0 aromatic carbocycles. The summed E-state index contributed by atoms with van der Waals surface area (Å²) in [5.74, 6) is 1.26. The molecule has 4 nitrogen and oxygen atoms in total. The highest BCUT2D eigenvalue weighted by Crippen LogP contribution is 2.41. The number of hydrogen-bond acceptors (Lipinski definition) is 3. The molecule has 76 valence electrons. The summed E-state index contributed by atoms with van der Waals surface area (Å²) in [6.45, 7) is 0. The van der Waals surface area contributed by atoms with Crippen LogP contribution < -0.4 is 5.73 Å². The summed E-state index contributed by atoms with van der Waals surface area (Å²) in [6.07, 6.45) is 7.97. The lowest BCUT2D eigenvalue weighted by Crippen LogP contribution is -2.04. The van der Waals surface area contributed by atoms with Gasteiger partial charge in [-0.15, -0.1) is 0 Å². The Hall–Kier alpha value is -1.84. The van der Waals surface area contributed by atoms with Crippen molar-refractivity contribution in [3.8, 4) is 5.95 Å². The van der Waals surface area contributed by atoms with Crippen LogP contribution in [0.2, 0.25) is 0 Å². The minimum absolute atomic E-state index is 0.558. The first-order valence-electron chi connectivity index (χ1n) is 5.10. The van der Waals surface area contributed by atoms with E-state index in [0.29, 0.717) is 17.6 Å². The fourth-order valence-corrected chi connectivity index (χ4v) is 1.67. The van der Waals surface area contributed by atoms with Crippen LogP contribution in [0, 0.1) is 0 Å². The third-order valence-corrected chi connectivity index (χ3v) is 2.63. The quantitative estimate of drug-likeness (QED) is 0.803. The second-order valence-electron chi connectivity index (χ2n) is 3.88. The lowest BCUT2D eigenvalue weighted by Gasteiger charge is -2.05. The maximum absolute atomic E-state index is 5.85. The maximum atomic E-state index is 5.85. The lowest BCUT2D eigenvalue weighted by molar-refractivity contribution is 0.892. The lowest BCUT2D eigenvalue weighted by atomic mass is 10.2. The number of nitrogen functional groups attached to an aromatic ring is 1. The predicted octanol–water partition coefficient (Wildman–Crippen LogP) is 1.73. The number of nitrogens with zero attached hydrogens (tertiary/aromatic N) is 3. The van der Waals surface area contributed by atoms with Gasteiger partial charge in [0.25, 0.3) is 0 Å². The number of nitrogens with two attached hydrogens (primary N) is 1. The number of rotatable bonds is 2. The second kappa shape index (κ2) is 3.08. The van der Waals surface area contributed by atoms with Crippen LogP contribution >= 0.6 is 0 Å². The Morgan fingerprint density at radius 1 is 1.27 bits per heavy atom. The highest BCUT2D eigenvalue weighted by atomic mass is 15.1. The summed E-state index contributed by atoms with van der Waals surface area (Å²) >= 11 is 0. The van der Waals surface area contributed by atoms with E-state index in [0.717, 1.165) is 5.69 Å². The summed E-state index contributed by atoms with van der Waals surface area (Å²) in [5.41, 5.74) is 7.57. The first-order chi connectivity index (χ1) is 7.34. The Bertz CT molecular complexity index is 471. The topological polar surface area (TPSA) is 56.7 Å². The zero-order valence-electron chi connectivity index (χ0n) is 8.30. The minimum Gasteiger partial charge on any atom is -0.396 e. The summed E-state index contributed by atoms with van der Waals surface area (Å²) in [6, 6.07) is 3.91. The molecule has 0 spiro atoms. The van der Waals surface area contributed by atoms with Gasteiger partial charge < -0.3 is 5.73 Å². The fraction of sp³-hybridized carbons (Fsp3) is 0.273. The molecule has 0 unspecified atom stereocenters. The molecule has 2 aromatic heterocycles. The Balaban J connectivity index is 2.06. The van der Waals surface area contributed by atoms with Crippen molar-refractivity contribution in [3.05, 3.63) is 36.4 Å². The van der Waals surface area contributed by atoms with E-state index in [1.165, 1.54) is 12.8 Å². The summed E-state index contributed by atoms with van der Waals surface area (Å²) in [5, 5.41) is 0. The van der Waals surface area contributed by atoms with Crippen LogP contribution in [0.25, 0.3) is 5.95 Å². The van der Waals surface area contributed by atoms with E-state index in [-0.39, 0.29) is 0 Å². The van der Waals surface area contributed by atoms with Crippen LogP contribution in [-0.2, 0) is 0 Å². The van der Waals surface area contributed by atoms with Crippen molar-refractivity contribution in [3.63, 3.8) is 0 Å². The molecule has 15 heavy (non-hydrogen) atoms. The molecule has 0 atom stereocenters. The van der Waals surface area contributed by atoms with E-state index in [4.69, 9.17) is 5.73 Å². The van der Waals surface area contributed by atoms with Crippen LogP contribution in [-0.4, -0.2) is 14.5 Å². The molecule has 2 aromatic rings. The summed E-state index contributed by atoms with van der Waals surface area (Å²) in [7, 11) is 0. The van der Waals surface area contributed by atoms with E-state index >= 15 is 0 Å². The molecule has 2 N–H and O–H groups in total. The molecule has 1 fully saturated rings. The third kappa shape index (κ3) is 1.48. The minimum atomic E-state index is 0.558. The Kier molecular flexibility index (Phi) is 1.74. The molecule has 1 aliphatic rings. The first kappa shape index (κ1) is 8.47. The molecule has 0 amide bonds. The molecule has 4 heteroatoms. The van der Waals surface area contributed by atoms with Gasteiger partial charge in [-0.05, 0) is 25.0 Å². The predicted molar refractivity (Wildman–Crippen MR) is 57.7 cm³/mol. The molecule has 1 aliphatic carbocycles. The van der Waals surface area contributed by atoms with Crippen molar-refractivity contribution in [1.29, 1.82) is 0 Å². The van der Waals surface area contributed by atoms with Crippen LogP contribution in [0.4, 0.5) is 5.69 Å². The van der Waals surface area contributed by atoms with Crippen molar-refractivity contribution < 1.29 is 0 Å². The van der Waals surface area contributed by atoms with Crippen LogP contribution in [0.5, 0.6) is 0 Å². The smallest absolute Gasteiger partial charge is 0.233 e. The number of aromatic nitrogens is 3. The zero-order valence-corrected chi connectivity index (χ0v) is 8.30. The summed E-state index contributed by atoms with van der Waals surface area (Å²) < 4.78 is 1.89. The average Bonchev–Trinajstić information content (AvgIpc) is 2.94. The van der Waals surface area contributed by atoms with Gasteiger partial charge in [0.05, 0.1) is 17.6 Å². The molecule has 0 aliphatic heterocycles. The fourth-order valence-electron chi connectivity index (χ4n) is 1.67. The highest BCUT2D eigenvalue weighted by Gasteiger charge is 2.27. The van der Waals surface area contributed by atoms with E-state index < -0.39 is 0 Å². The Morgan fingerprint density at radius 3 is 2.67 bits per heavy atom. The zero-order chi connectivity index (χ0) is 10.3. The standard InChI is InChI=1S/C11H12N4/c12-9-7-13-11(15-5-1-2-6-15)14-10(9)8-3-4-8/h1-2,5-8H,3-4,12H2. The molecular weight excluding hydrogens is 188 g/mol. The van der Waals surface area contributed by atoms with Crippen molar-refractivity contribution in [1.82, 2.24) is 14.5 Å². The van der Waals surface area contributed by atoms with Crippen molar-refractivity contribution in [2.24, 2.45) is 0 Å². The second-order valence-corrected chi connectivity index (χ2v) is 3.88. The first-order valence-corrected chi connectivity index (χ1v) is 5.10. The van der Waals surface area contributed by atoms with Crippen molar-refractivity contribution >= 4 is 5.69 Å². The van der Waals surface area contributed by atoms with Gasteiger partial charge in [0, 0.05) is 18.3 Å². The Morgan fingerprint density at radius 2 is 2.00 bits per heavy atom. The van der Waals surface area contributed by atoms with Gasteiger partial charge in [0.15, 0.2) is 0 Å². The monoisotopic (exact) mass is 200 g/mol. The van der Waals surface area contributed by atoms with E-state index in [1.807, 2.05) is 29.1 Å². The largest absolute Gasteiger partial charge is 0.396 e. The molecular formula is C11H12N4. The number of anilines is 1. The van der Waals surface area contributed by atoms with Gasteiger partial charge in [-0.3, -0.25) is 4.57 Å². The van der Waals surface area contributed by atoms with Crippen LogP contribution in [0.3, 0.4) is 0 Å². The highest BCUT2D eigenvalue weighted by molar-refractivity contribution is 5.45. The molecule has 0 radical (unpaired) electrons. The molecule has 1 saturated carbocycles. The molecule has 2 heterocycles. The van der Waals surface area contributed by atoms with Crippen LogP contribution in [0.15, 0.2) is 30.7 Å². The number of hydrogen-bond donors (Lipinski definition) is 1. The van der Waals surface area contributed by atoms with Gasteiger partial charge in [0.2, 0.25) is 5.95 Å².